The zero-order valence-corrected chi connectivity index (χ0v) is 17.6. The number of Topliss-reactive ketones (excluding diaryl/α,β-unsaturated/α-hetero) is 1. The maximum atomic E-state index is 13.6. The van der Waals surface area contributed by atoms with Gasteiger partial charge in [-0.05, 0) is 36.1 Å². The Balaban J connectivity index is 1.92. The van der Waals surface area contributed by atoms with E-state index in [1.165, 1.54) is 0 Å². The average molecular weight is 416 g/mol. The fourth-order valence-corrected chi connectivity index (χ4v) is 4.47. The van der Waals surface area contributed by atoms with Gasteiger partial charge in [0.15, 0.2) is 11.2 Å². The third-order valence-corrected chi connectivity index (χ3v) is 5.80. The van der Waals surface area contributed by atoms with Gasteiger partial charge >= 0.3 is 11.9 Å². The number of benzene rings is 2. The molecule has 0 saturated heterocycles. The van der Waals surface area contributed by atoms with E-state index in [4.69, 9.17) is 9.47 Å². The molecule has 0 spiro atoms. The lowest BCUT2D eigenvalue weighted by molar-refractivity contribution is -0.167. The van der Waals surface area contributed by atoms with Gasteiger partial charge in [-0.15, -0.1) is 0 Å². The fraction of sp³-hybridized carbons (Fsp3) is 0.269. The minimum absolute atomic E-state index is 0.0278. The fourth-order valence-electron chi connectivity index (χ4n) is 4.47. The molecular weight excluding hydrogens is 392 g/mol. The van der Waals surface area contributed by atoms with E-state index in [-0.39, 0.29) is 25.4 Å². The number of ether oxygens (including phenoxy) is 2. The van der Waals surface area contributed by atoms with Crippen molar-refractivity contribution in [2.24, 2.45) is 5.41 Å². The third kappa shape index (κ3) is 3.40. The van der Waals surface area contributed by atoms with E-state index in [9.17, 15) is 14.4 Å². The molecule has 31 heavy (non-hydrogen) atoms. The summed E-state index contributed by atoms with van der Waals surface area (Å²) in [6.45, 7) is 3.69. The number of hydrogen-bond donors (Lipinski definition) is 0. The number of rotatable bonds is 6. The molecule has 1 atom stereocenters. The van der Waals surface area contributed by atoms with Crippen LogP contribution in [0.3, 0.4) is 0 Å². The van der Waals surface area contributed by atoms with Gasteiger partial charge in [-0.3, -0.25) is 14.4 Å². The topological polar surface area (TPSA) is 69.7 Å². The molecule has 2 aromatic carbocycles. The molecule has 5 nitrogen and oxygen atoms in total. The molecule has 0 amide bonds. The van der Waals surface area contributed by atoms with E-state index in [0.29, 0.717) is 16.7 Å². The molecule has 5 heteroatoms. The number of carbonyl (C=O) groups excluding carboxylic acids is 3. The number of hydrogen-bond acceptors (Lipinski definition) is 5. The molecule has 0 heterocycles. The van der Waals surface area contributed by atoms with Gasteiger partial charge in [0.1, 0.15) is 0 Å². The summed E-state index contributed by atoms with van der Waals surface area (Å²) in [5, 5.41) is 0. The number of fused-ring (bicyclic) bond motifs is 1. The van der Waals surface area contributed by atoms with Crippen molar-refractivity contribution in [3.8, 4) is 0 Å². The van der Waals surface area contributed by atoms with Crippen molar-refractivity contribution in [2.45, 2.75) is 26.2 Å². The molecule has 1 unspecified atom stereocenters. The molecule has 0 saturated carbocycles. The lowest BCUT2D eigenvalue weighted by Gasteiger charge is -2.23. The molecule has 2 aliphatic carbocycles. The highest BCUT2D eigenvalue weighted by atomic mass is 16.6. The summed E-state index contributed by atoms with van der Waals surface area (Å²) in [5.41, 5.74) is 1.98. The summed E-state index contributed by atoms with van der Waals surface area (Å²) in [5.74, 6) is -1.89. The van der Waals surface area contributed by atoms with Crippen LogP contribution in [0.2, 0.25) is 0 Å². The van der Waals surface area contributed by atoms with E-state index in [1.807, 2.05) is 60.7 Å². The highest BCUT2D eigenvalue weighted by Gasteiger charge is 2.56. The van der Waals surface area contributed by atoms with Crippen LogP contribution in [-0.4, -0.2) is 30.9 Å². The molecule has 0 aromatic heterocycles. The van der Waals surface area contributed by atoms with Crippen molar-refractivity contribution in [3.05, 3.63) is 89.0 Å². The second-order valence-corrected chi connectivity index (χ2v) is 7.62. The van der Waals surface area contributed by atoms with Gasteiger partial charge in [-0.25, -0.2) is 0 Å². The molecule has 2 aromatic rings. The van der Waals surface area contributed by atoms with Gasteiger partial charge in [-0.2, -0.15) is 0 Å². The minimum Gasteiger partial charge on any atom is -0.465 e. The summed E-state index contributed by atoms with van der Waals surface area (Å²) in [4.78, 5) is 39.6. The minimum atomic E-state index is -1.58. The summed E-state index contributed by atoms with van der Waals surface area (Å²) >= 11 is 0. The SMILES string of the molecule is CCOC(=O)C1(C(=O)OCC)C=C2C(=C(c3ccccc3)C(=O)C2c2ccccc2)C1. The first-order valence-corrected chi connectivity index (χ1v) is 10.5. The molecule has 2 aliphatic rings. The predicted molar refractivity (Wildman–Crippen MR) is 116 cm³/mol. The van der Waals surface area contributed by atoms with E-state index >= 15 is 0 Å². The van der Waals surface area contributed by atoms with Crippen LogP contribution in [0.4, 0.5) is 0 Å². The smallest absolute Gasteiger partial charge is 0.327 e. The Bertz CT molecular complexity index is 1060. The molecular formula is C26H24O5. The Morgan fingerprint density at radius 3 is 2.00 bits per heavy atom. The van der Waals surface area contributed by atoms with Crippen LogP contribution in [0.5, 0.6) is 0 Å². The first-order valence-electron chi connectivity index (χ1n) is 10.5. The van der Waals surface area contributed by atoms with Crippen LogP contribution in [0.1, 0.15) is 37.3 Å². The monoisotopic (exact) mass is 416 g/mol. The van der Waals surface area contributed by atoms with Crippen LogP contribution < -0.4 is 0 Å². The number of esters is 2. The van der Waals surface area contributed by atoms with Gasteiger partial charge in [-0.1, -0.05) is 66.7 Å². The average Bonchev–Trinajstić information content (AvgIpc) is 3.28. The molecule has 0 fully saturated rings. The Labute approximate surface area is 181 Å². The van der Waals surface area contributed by atoms with Gasteiger partial charge in [0, 0.05) is 12.0 Å². The van der Waals surface area contributed by atoms with Crippen LogP contribution in [-0.2, 0) is 23.9 Å². The van der Waals surface area contributed by atoms with Crippen LogP contribution >= 0.6 is 0 Å². The van der Waals surface area contributed by atoms with E-state index in [0.717, 1.165) is 11.1 Å². The molecule has 0 N–H and O–H groups in total. The van der Waals surface area contributed by atoms with E-state index < -0.39 is 23.3 Å². The molecule has 0 aliphatic heterocycles. The van der Waals surface area contributed by atoms with E-state index in [2.05, 4.69) is 0 Å². The number of carbonyl (C=O) groups is 3. The summed E-state index contributed by atoms with van der Waals surface area (Å²) in [6, 6.07) is 18.8. The molecule has 4 rings (SSSR count). The van der Waals surface area contributed by atoms with Crippen LogP contribution in [0.25, 0.3) is 5.57 Å². The van der Waals surface area contributed by atoms with Crippen LogP contribution in [0, 0.1) is 5.41 Å². The zero-order chi connectivity index (χ0) is 22.0. The van der Waals surface area contributed by atoms with Crippen molar-refractivity contribution in [1.82, 2.24) is 0 Å². The zero-order valence-electron chi connectivity index (χ0n) is 17.6. The Kier molecular flexibility index (Phi) is 5.59. The quantitative estimate of drug-likeness (QED) is 0.520. The van der Waals surface area contributed by atoms with Crippen molar-refractivity contribution in [2.75, 3.05) is 13.2 Å². The largest absolute Gasteiger partial charge is 0.465 e. The first kappa shape index (κ1) is 20.8. The predicted octanol–water partition coefficient (Wildman–Crippen LogP) is 4.25. The van der Waals surface area contributed by atoms with Gasteiger partial charge in [0.2, 0.25) is 0 Å². The Morgan fingerprint density at radius 1 is 0.903 bits per heavy atom. The lowest BCUT2D eigenvalue weighted by Crippen LogP contribution is -2.39. The molecule has 158 valence electrons. The highest BCUT2D eigenvalue weighted by Crippen LogP contribution is 2.55. The normalized spacial score (nSPS) is 19.1. The summed E-state index contributed by atoms with van der Waals surface area (Å²) < 4.78 is 10.6. The maximum absolute atomic E-state index is 13.6. The number of ketones is 1. The van der Waals surface area contributed by atoms with Gasteiger partial charge < -0.3 is 9.47 Å². The standard InChI is InChI=1S/C26H24O5/c1-3-30-24(28)26(25(29)31-4-2)15-19-20(16-26)22(18-13-9-6-10-14-18)23(27)21(19)17-11-7-5-8-12-17/h5-15,21H,3-4,16H2,1-2H3. The highest BCUT2D eigenvalue weighted by molar-refractivity contribution is 6.30. The second kappa shape index (κ2) is 8.34. The van der Waals surface area contributed by atoms with E-state index in [1.54, 1.807) is 19.9 Å². The van der Waals surface area contributed by atoms with Crippen molar-refractivity contribution >= 4 is 23.3 Å². The van der Waals surface area contributed by atoms with Gasteiger partial charge in [0.25, 0.3) is 0 Å². The summed E-state index contributed by atoms with van der Waals surface area (Å²) in [6.07, 6.45) is 1.67. The Morgan fingerprint density at radius 2 is 1.45 bits per heavy atom. The molecule has 0 radical (unpaired) electrons. The lowest BCUT2D eigenvalue weighted by atomic mass is 9.83. The van der Waals surface area contributed by atoms with Crippen LogP contribution in [0.15, 0.2) is 77.9 Å². The van der Waals surface area contributed by atoms with Crippen molar-refractivity contribution in [3.63, 3.8) is 0 Å². The number of allylic oxidation sites excluding steroid dienone is 3. The van der Waals surface area contributed by atoms with Crippen molar-refractivity contribution < 1.29 is 23.9 Å². The van der Waals surface area contributed by atoms with Crippen molar-refractivity contribution in [1.29, 1.82) is 0 Å². The van der Waals surface area contributed by atoms with Gasteiger partial charge in [0.05, 0.1) is 19.1 Å². The Hall–Kier alpha value is -3.47. The maximum Gasteiger partial charge on any atom is 0.327 e. The molecule has 0 bridgehead atoms. The first-order chi connectivity index (χ1) is 15.0. The summed E-state index contributed by atoms with van der Waals surface area (Å²) in [7, 11) is 0. The second-order valence-electron chi connectivity index (χ2n) is 7.62. The third-order valence-electron chi connectivity index (χ3n) is 5.80.